The number of carbonyl (C=O) groups excluding carboxylic acids is 1. The van der Waals surface area contributed by atoms with Gasteiger partial charge >= 0.3 is 0 Å². The molecule has 0 bridgehead atoms. The summed E-state index contributed by atoms with van der Waals surface area (Å²) in [6.45, 7) is 2.72. The number of para-hydroxylation sites is 1. The van der Waals surface area contributed by atoms with Gasteiger partial charge in [0.1, 0.15) is 11.6 Å². The summed E-state index contributed by atoms with van der Waals surface area (Å²) < 4.78 is 5.90. The standard InChI is InChI=1S/C23H23N3O3/c1-2-20(29-17-11-7-4-8-12-17)23(28)26-14-13-18-19(15-26)24-21(25-22(18)27)16-9-5-3-6-10-16/h3-12,20H,2,13-15H2,1H3,(H,24,25,27). The lowest BCUT2D eigenvalue weighted by atomic mass is 10.0. The van der Waals surface area contributed by atoms with Gasteiger partial charge in [0.15, 0.2) is 6.10 Å². The summed E-state index contributed by atoms with van der Waals surface area (Å²) >= 11 is 0. The number of aromatic amines is 1. The Morgan fingerprint density at radius 3 is 2.52 bits per heavy atom. The Morgan fingerprint density at radius 2 is 1.83 bits per heavy atom. The Bertz CT molecular complexity index is 1050. The van der Waals surface area contributed by atoms with Crippen molar-refractivity contribution in [3.63, 3.8) is 0 Å². The van der Waals surface area contributed by atoms with E-state index in [0.717, 1.165) is 5.56 Å². The molecule has 0 fully saturated rings. The van der Waals surface area contributed by atoms with Gasteiger partial charge in [-0.1, -0.05) is 55.5 Å². The number of ether oxygens (including phenoxy) is 1. The first-order chi connectivity index (χ1) is 14.2. The molecule has 1 N–H and O–H groups in total. The molecule has 2 heterocycles. The summed E-state index contributed by atoms with van der Waals surface area (Å²) in [6, 6.07) is 18.9. The highest BCUT2D eigenvalue weighted by atomic mass is 16.5. The smallest absolute Gasteiger partial charge is 0.263 e. The van der Waals surface area contributed by atoms with Crippen LogP contribution in [0.3, 0.4) is 0 Å². The van der Waals surface area contributed by atoms with E-state index in [1.807, 2.05) is 67.6 Å². The van der Waals surface area contributed by atoms with Crippen molar-refractivity contribution in [3.8, 4) is 17.1 Å². The quantitative estimate of drug-likeness (QED) is 0.727. The summed E-state index contributed by atoms with van der Waals surface area (Å²) in [7, 11) is 0. The molecule has 1 amide bonds. The summed E-state index contributed by atoms with van der Waals surface area (Å²) in [6.07, 6.45) is 0.490. The number of rotatable bonds is 5. The molecule has 1 aliphatic rings. The number of fused-ring (bicyclic) bond motifs is 1. The molecule has 0 saturated carbocycles. The average Bonchev–Trinajstić information content (AvgIpc) is 2.78. The molecular weight excluding hydrogens is 366 g/mol. The SMILES string of the molecule is CCC(Oc1ccccc1)C(=O)N1CCc2c(nc(-c3ccccc3)[nH]c2=O)C1. The number of nitrogens with one attached hydrogen (secondary N) is 1. The third-order valence-corrected chi connectivity index (χ3v) is 5.10. The van der Waals surface area contributed by atoms with E-state index in [0.29, 0.717) is 48.8 Å². The molecule has 4 rings (SSSR count). The minimum atomic E-state index is -0.561. The van der Waals surface area contributed by atoms with Crippen LogP contribution in [0.2, 0.25) is 0 Å². The fourth-order valence-electron chi connectivity index (χ4n) is 3.54. The van der Waals surface area contributed by atoms with Gasteiger partial charge in [0.25, 0.3) is 11.5 Å². The molecule has 0 spiro atoms. The van der Waals surface area contributed by atoms with Crippen LogP contribution in [0, 0.1) is 0 Å². The van der Waals surface area contributed by atoms with Crippen molar-refractivity contribution in [1.82, 2.24) is 14.9 Å². The maximum absolute atomic E-state index is 13.1. The second kappa shape index (κ2) is 8.31. The van der Waals surface area contributed by atoms with E-state index in [4.69, 9.17) is 4.74 Å². The fourth-order valence-corrected chi connectivity index (χ4v) is 3.54. The highest BCUT2D eigenvalue weighted by Crippen LogP contribution is 2.21. The van der Waals surface area contributed by atoms with Gasteiger partial charge in [-0.2, -0.15) is 0 Å². The van der Waals surface area contributed by atoms with Gasteiger partial charge in [-0.25, -0.2) is 4.98 Å². The molecule has 1 aromatic heterocycles. The van der Waals surface area contributed by atoms with Crippen LogP contribution in [0.1, 0.15) is 24.6 Å². The number of hydrogen-bond acceptors (Lipinski definition) is 4. The van der Waals surface area contributed by atoms with E-state index in [2.05, 4.69) is 9.97 Å². The average molecular weight is 389 g/mol. The van der Waals surface area contributed by atoms with Gasteiger partial charge < -0.3 is 14.6 Å². The predicted molar refractivity (Wildman–Crippen MR) is 111 cm³/mol. The summed E-state index contributed by atoms with van der Waals surface area (Å²) in [5.74, 6) is 1.12. The Hall–Kier alpha value is -3.41. The molecule has 29 heavy (non-hydrogen) atoms. The second-order valence-corrected chi connectivity index (χ2v) is 7.04. The molecule has 1 atom stereocenters. The van der Waals surface area contributed by atoms with Crippen LogP contribution in [-0.4, -0.2) is 33.4 Å². The van der Waals surface area contributed by atoms with Crippen LogP contribution < -0.4 is 10.3 Å². The van der Waals surface area contributed by atoms with Crippen LogP contribution in [-0.2, 0) is 17.8 Å². The van der Waals surface area contributed by atoms with Crippen LogP contribution in [0.5, 0.6) is 5.75 Å². The van der Waals surface area contributed by atoms with Crippen LogP contribution in [0.4, 0.5) is 0 Å². The van der Waals surface area contributed by atoms with E-state index in [9.17, 15) is 9.59 Å². The Labute approximate surface area is 169 Å². The van der Waals surface area contributed by atoms with Crippen molar-refractivity contribution in [3.05, 3.63) is 82.3 Å². The zero-order valence-electron chi connectivity index (χ0n) is 16.3. The summed E-state index contributed by atoms with van der Waals surface area (Å²) in [4.78, 5) is 34.9. The van der Waals surface area contributed by atoms with Crippen molar-refractivity contribution in [2.45, 2.75) is 32.4 Å². The molecule has 148 valence electrons. The predicted octanol–water partition coefficient (Wildman–Crippen LogP) is 3.18. The first-order valence-electron chi connectivity index (χ1n) is 9.83. The van der Waals surface area contributed by atoms with Crippen molar-refractivity contribution >= 4 is 5.91 Å². The second-order valence-electron chi connectivity index (χ2n) is 7.04. The summed E-state index contributed by atoms with van der Waals surface area (Å²) in [5.41, 5.74) is 2.02. The monoisotopic (exact) mass is 389 g/mol. The van der Waals surface area contributed by atoms with Crippen LogP contribution in [0.25, 0.3) is 11.4 Å². The van der Waals surface area contributed by atoms with Crippen molar-refractivity contribution in [1.29, 1.82) is 0 Å². The molecule has 0 radical (unpaired) electrons. The lowest BCUT2D eigenvalue weighted by Crippen LogP contribution is -2.45. The number of H-pyrrole nitrogens is 1. The van der Waals surface area contributed by atoms with E-state index < -0.39 is 6.10 Å². The maximum Gasteiger partial charge on any atom is 0.263 e. The highest BCUT2D eigenvalue weighted by molar-refractivity contribution is 5.81. The summed E-state index contributed by atoms with van der Waals surface area (Å²) in [5, 5.41) is 0. The van der Waals surface area contributed by atoms with Crippen LogP contribution in [0.15, 0.2) is 65.5 Å². The Balaban J connectivity index is 1.56. The van der Waals surface area contributed by atoms with E-state index in [1.165, 1.54) is 0 Å². The zero-order chi connectivity index (χ0) is 20.2. The zero-order valence-corrected chi connectivity index (χ0v) is 16.3. The Morgan fingerprint density at radius 1 is 1.14 bits per heavy atom. The number of nitrogens with zero attached hydrogens (tertiary/aromatic N) is 2. The van der Waals surface area contributed by atoms with Gasteiger partial charge in [-0.15, -0.1) is 0 Å². The van der Waals surface area contributed by atoms with E-state index in [-0.39, 0.29) is 11.5 Å². The molecule has 1 aliphatic heterocycles. The topological polar surface area (TPSA) is 75.3 Å². The lowest BCUT2D eigenvalue weighted by molar-refractivity contribution is -0.139. The van der Waals surface area contributed by atoms with Gasteiger partial charge in [0, 0.05) is 17.7 Å². The van der Waals surface area contributed by atoms with Gasteiger partial charge in [-0.05, 0) is 25.0 Å². The molecule has 0 saturated heterocycles. The molecule has 1 unspecified atom stereocenters. The van der Waals surface area contributed by atoms with E-state index in [1.54, 1.807) is 4.90 Å². The Kier molecular flexibility index (Phi) is 5.42. The van der Waals surface area contributed by atoms with E-state index >= 15 is 0 Å². The largest absolute Gasteiger partial charge is 0.481 e. The number of carbonyl (C=O) groups is 1. The maximum atomic E-state index is 13.1. The molecular formula is C23H23N3O3. The third kappa shape index (κ3) is 4.06. The first-order valence-corrected chi connectivity index (χ1v) is 9.83. The van der Waals surface area contributed by atoms with Crippen molar-refractivity contribution < 1.29 is 9.53 Å². The molecule has 2 aromatic carbocycles. The van der Waals surface area contributed by atoms with Crippen molar-refractivity contribution in [2.24, 2.45) is 0 Å². The van der Waals surface area contributed by atoms with Gasteiger partial charge in [0.2, 0.25) is 0 Å². The van der Waals surface area contributed by atoms with Crippen LogP contribution >= 0.6 is 0 Å². The van der Waals surface area contributed by atoms with Crippen molar-refractivity contribution in [2.75, 3.05) is 6.54 Å². The normalized spacial score (nSPS) is 14.2. The minimum absolute atomic E-state index is 0.0784. The van der Waals surface area contributed by atoms with Gasteiger partial charge in [0.05, 0.1) is 12.2 Å². The highest BCUT2D eigenvalue weighted by Gasteiger charge is 2.29. The third-order valence-electron chi connectivity index (χ3n) is 5.10. The lowest BCUT2D eigenvalue weighted by Gasteiger charge is -2.31. The minimum Gasteiger partial charge on any atom is -0.481 e. The molecule has 6 heteroatoms. The molecule has 3 aromatic rings. The number of aromatic nitrogens is 2. The molecule has 0 aliphatic carbocycles. The fraction of sp³-hybridized carbons (Fsp3) is 0.261. The first kappa shape index (κ1) is 18.9. The van der Waals surface area contributed by atoms with Gasteiger partial charge in [-0.3, -0.25) is 9.59 Å². The number of amides is 1. The molecule has 6 nitrogen and oxygen atoms in total. The number of benzene rings is 2. The number of hydrogen-bond donors (Lipinski definition) is 1.